The normalized spacial score (nSPS) is 12.6. The number of thiazole rings is 1. The van der Waals surface area contributed by atoms with E-state index in [1.807, 2.05) is 13.0 Å². The standard InChI is InChI=1S/C26H28N4O6S3/c1-3-30(20-8-6-5-7-9-20)39(34,35)21-12-10-19(11-13-21)25(31)28-26-29(16-17-36-4-2)23-15-14-22(38(27,32)33)18-24(23)37-26/h5-15,18H,3-4,16-17H2,1-2H3,(H2,27,32,33). The fourth-order valence-corrected chi connectivity index (χ4v) is 7.15. The lowest BCUT2D eigenvalue weighted by Crippen LogP contribution is -2.30. The molecule has 13 heteroatoms. The van der Waals surface area contributed by atoms with Crippen LogP contribution in [0.25, 0.3) is 10.2 Å². The van der Waals surface area contributed by atoms with Crippen LogP contribution in [-0.2, 0) is 31.3 Å². The molecule has 0 saturated carbocycles. The Morgan fingerprint density at radius 2 is 1.64 bits per heavy atom. The van der Waals surface area contributed by atoms with Gasteiger partial charge in [-0.1, -0.05) is 29.5 Å². The number of carbonyl (C=O) groups is 1. The van der Waals surface area contributed by atoms with E-state index in [0.717, 1.165) is 11.3 Å². The Morgan fingerprint density at radius 1 is 0.974 bits per heavy atom. The van der Waals surface area contributed by atoms with E-state index in [0.29, 0.717) is 40.5 Å². The minimum absolute atomic E-state index is 0.0421. The van der Waals surface area contributed by atoms with Gasteiger partial charge in [-0.3, -0.25) is 9.10 Å². The Labute approximate surface area is 231 Å². The number of sulfonamides is 2. The Bertz CT molecular complexity index is 1760. The first-order valence-corrected chi connectivity index (χ1v) is 15.9. The third-order valence-electron chi connectivity index (χ3n) is 5.86. The van der Waals surface area contributed by atoms with Crippen LogP contribution in [0.3, 0.4) is 0 Å². The van der Waals surface area contributed by atoms with Crippen molar-refractivity contribution in [1.82, 2.24) is 4.57 Å². The molecule has 2 N–H and O–H groups in total. The number of nitrogens with zero attached hydrogens (tertiary/aromatic N) is 3. The van der Waals surface area contributed by atoms with E-state index < -0.39 is 26.0 Å². The summed E-state index contributed by atoms with van der Waals surface area (Å²) in [6, 6.07) is 18.9. The molecule has 10 nitrogen and oxygen atoms in total. The second kappa shape index (κ2) is 11.8. The molecule has 4 rings (SSSR count). The summed E-state index contributed by atoms with van der Waals surface area (Å²) in [6.07, 6.45) is 0. The van der Waals surface area contributed by atoms with E-state index in [1.165, 1.54) is 40.7 Å². The molecular weight excluding hydrogens is 561 g/mol. The summed E-state index contributed by atoms with van der Waals surface area (Å²) in [5.74, 6) is -0.572. The molecule has 1 heterocycles. The van der Waals surface area contributed by atoms with Crippen molar-refractivity contribution >= 4 is 53.2 Å². The number of amides is 1. The molecule has 3 aromatic carbocycles. The molecule has 0 saturated heterocycles. The summed E-state index contributed by atoms with van der Waals surface area (Å²) in [5, 5.41) is 5.28. The highest BCUT2D eigenvalue weighted by Crippen LogP contribution is 2.24. The highest BCUT2D eigenvalue weighted by atomic mass is 32.2. The first-order valence-electron chi connectivity index (χ1n) is 12.1. The summed E-state index contributed by atoms with van der Waals surface area (Å²) in [5.41, 5.74) is 1.43. The van der Waals surface area contributed by atoms with Crippen molar-refractivity contribution in [1.29, 1.82) is 0 Å². The summed E-state index contributed by atoms with van der Waals surface area (Å²) < 4.78 is 59.3. The molecule has 1 aromatic heterocycles. The fourth-order valence-electron chi connectivity index (χ4n) is 3.97. The van der Waals surface area contributed by atoms with E-state index in [9.17, 15) is 21.6 Å². The maximum absolute atomic E-state index is 13.3. The van der Waals surface area contributed by atoms with Crippen molar-refractivity contribution in [2.24, 2.45) is 10.1 Å². The molecule has 0 aliphatic rings. The van der Waals surface area contributed by atoms with Crippen LogP contribution in [0, 0.1) is 0 Å². The van der Waals surface area contributed by atoms with Crippen molar-refractivity contribution in [3.63, 3.8) is 0 Å². The second-order valence-electron chi connectivity index (χ2n) is 8.35. The first kappa shape index (κ1) is 28.6. The molecule has 0 fully saturated rings. The number of benzene rings is 3. The monoisotopic (exact) mass is 588 g/mol. The van der Waals surface area contributed by atoms with Crippen molar-refractivity contribution in [3.05, 3.63) is 83.2 Å². The van der Waals surface area contributed by atoms with Gasteiger partial charge in [-0.15, -0.1) is 0 Å². The molecule has 0 bridgehead atoms. The number of rotatable bonds is 10. The van der Waals surface area contributed by atoms with E-state index in [-0.39, 0.29) is 21.9 Å². The molecule has 39 heavy (non-hydrogen) atoms. The molecule has 0 atom stereocenters. The number of para-hydroxylation sites is 1. The third-order valence-corrected chi connectivity index (χ3v) is 9.73. The zero-order chi connectivity index (χ0) is 28.2. The predicted molar refractivity (Wildman–Crippen MR) is 151 cm³/mol. The van der Waals surface area contributed by atoms with Gasteiger partial charge in [0.15, 0.2) is 4.80 Å². The summed E-state index contributed by atoms with van der Waals surface area (Å²) in [6.45, 7) is 5.12. The minimum Gasteiger partial charge on any atom is -0.380 e. The molecule has 1 amide bonds. The first-order chi connectivity index (χ1) is 18.6. The average molecular weight is 589 g/mol. The summed E-state index contributed by atoms with van der Waals surface area (Å²) >= 11 is 1.14. The van der Waals surface area contributed by atoms with E-state index >= 15 is 0 Å². The van der Waals surface area contributed by atoms with Crippen LogP contribution in [0.5, 0.6) is 0 Å². The topological polar surface area (TPSA) is 141 Å². The van der Waals surface area contributed by atoms with E-state index in [1.54, 1.807) is 41.8 Å². The number of anilines is 1. The molecular formula is C26H28N4O6S3. The Balaban J connectivity index is 1.69. The lowest BCUT2D eigenvalue weighted by atomic mass is 10.2. The summed E-state index contributed by atoms with van der Waals surface area (Å²) in [4.78, 5) is 17.7. The van der Waals surface area contributed by atoms with Crippen LogP contribution >= 0.6 is 11.3 Å². The van der Waals surface area contributed by atoms with Gasteiger partial charge in [0.2, 0.25) is 10.0 Å². The van der Waals surface area contributed by atoms with Crippen LogP contribution in [0.15, 0.2) is 87.6 Å². The molecule has 0 aliphatic heterocycles. The van der Waals surface area contributed by atoms with Crippen molar-refractivity contribution < 1.29 is 26.4 Å². The smallest absolute Gasteiger partial charge is 0.279 e. The molecule has 0 aliphatic carbocycles. The molecule has 206 valence electrons. The number of ether oxygens (including phenoxy) is 1. The SMILES string of the molecule is CCOCCn1c(=NC(=O)c2ccc(S(=O)(=O)N(CC)c3ccccc3)cc2)sc2cc(S(N)(=O)=O)ccc21. The zero-order valence-corrected chi connectivity index (χ0v) is 23.8. The van der Waals surface area contributed by atoms with Crippen molar-refractivity contribution in [2.45, 2.75) is 30.2 Å². The number of hydrogen-bond donors (Lipinski definition) is 1. The van der Waals surface area contributed by atoms with Crippen LogP contribution in [0.1, 0.15) is 24.2 Å². The van der Waals surface area contributed by atoms with Gasteiger partial charge in [-0.2, -0.15) is 4.99 Å². The van der Waals surface area contributed by atoms with Crippen LogP contribution < -0.4 is 14.2 Å². The van der Waals surface area contributed by atoms with Crippen LogP contribution in [0.2, 0.25) is 0 Å². The van der Waals surface area contributed by atoms with Gasteiger partial charge in [0.1, 0.15) is 0 Å². The van der Waals surface area contributed by atoms with Gasteiger partial charge < -0.3 is 9.30 Å². The number of nitrogens with two attached hydrogens (primary N) is 1. The van der Waals surface area contributed by atoms with Crippen LogP contribution in [-0.4, -0.2) is 47.1 Å². The van der Waals surface area contributed by atoms with Gasteiger partial charge in [-0.25, -0.2) is 22.0 Å². The lowest BCUT2D eigenvalue weighted by molar-refractivity contribution is 0.0996. The van der Waals surface area contributed by atoms with Crippen LogP contribution in [0.4, 0.5) is 5.69 Å². The Kier molecular flexibility index (Phi) is 8.67. The third kappa shape index (κ3) is 6.28. The maximum atomic E-state index is 13.3. The van der Waals surface area contributed by atoms with Gasteiger partial charge in [-0.05, 0) is 68.4 Å². The number of carbonyl (C=O) groups excluding carboxylic acids is 1. The van der Waals surface area contributed by atoms with Gasteiger partial charge in [0, 0.05) is 25.3 Å². The van der Waals surface area contributed by atoms with Gasteiger partial charge in [0.05, 0.1) is 32.3 Å². The summed E-state index contributed by atoms with van der Waals surface area (Å²) in [7, 11) is -7.75. The van der Waals surface area contributed by atoms with E-state index in [2.05, 4.69) is 4.99 Å². The van der Waals surface area contributed by atoms with E-state index in [4.69, 9.17) is 9.88 Å². The Hall–Kier alpha value is -3.36. The zero-order valence-electron chi connectivity index (χ0n) is 21.3. The van der Waals surface area contributed by atoms with Gasteiger partial charge in [0.25, 0.3) is 15.9 Å². The molecule has 0 radical (unpaired) electrons. The minimum atomic E-state index is -3.90. The number of aromatic nitrogens is 1. The molecule has 0 spiro atoms. The predicted octanol–water partition coefficient (Wildman–Crippen LogP) is 3.34. The number of primary sulfonamides is 1. The Morgan fingerprint density at radius 3 is 2.26 bits per heavy atom. The maximum Gasteiger partial charge on any atom is 0.279 e. The quantitative estimate of drug-likeness (QED) is 0.282. The number of fused-ring (bicyclic) bond motifs is 1. The van der Waals surface area contributed by atoms with Crippen molar-refractivity contribution in [2.75, 3.05) is 24.1 Å². The second-order valence-corrected chi connectivity index (χ2v) is 12.8. The molecule has 0 unspecified atom stereocenters. The highest BCUT2D eigenvalue weighted by molar-refractivity contribution is 7.92. The highest BCUT2D eigenvalue weighted by Gasteiger charge is 2.24. The fraction of sp³-hybridized carbons (Fsp3) is 0.231. The lowest BCUT2D eigenvalue weighted by Gasteiger charge is -2.22. The average Bonchev–Trinajstić information content (AvgIpc) is 3.25. The van der Waals surface area contributed by atoms with Gasteiger partial charge >= 0.3 is 0 Å². The number of hydrogen-bond acceptors (Lipinski definition) is 7. The largest absolute Gasteiger partial charge is 0.380 e. The van der Waals surface area contributed by atoms with Crippen molar-refractivity contribution in [3.8, 4) is 0 Å². The molecule has 4 aromatic rings.